The van der Waals surface area contributed by atoms with Crippen molar-refractivity contribution in [2.45, 2.75) is 13.8 Å². The lowest BCUT2D eigenvalue weighted by atomic mass is 10.5. The lowest BCUT2D eigenvalue weighted by Gasteiger charge is -1.78. The van der Waals surface area contributed by atoms with Gasteiger partial charge in [-0.1, -0.05) is 13.8 Å². The topological polar surface area (TPSA) is 12.9 Å². The molecule has 1 rings (SSSR count). The Balaban J connectivity index is 0.000000291. The highest BCUT2D eigenvalue weighted by Crippen LogP contribution is 1.87. The van der Waals surface area contributed by atoms with Gasteiger partial charge in [-0.25, -0.2) is 4.39 Å². The summed E-state index contributed by atoms with van der Waals surface area (Å²) in [7, 11) is 0. The van der Waals surface area contributed by atoms with Gasteiger partial charge in [-0.3, -0.25) is 4.98 Å². The molecule has 50 valence electrons. The second-order valence-corrected chi connectivity index (χ2v) is 1.17. The molecule has 1 heterocycles. The molecule has 1 aromatic heterocycles. The molecule has 0 aliphatic rings. The quantitative estimate of drug-likeness (QED) is 0.520. The molecule has 0 aromatic carbocycles. The van der Waals surface area contributed by atoms with E-state index in [9.17, 15) is 4.39 Å². The minimum atomic E-state index is -0.289. The molecule has 0 bridgehead atoms. The van der Waals surface area contributed by atoms with Gasteiger partial charge in [0.05, 0.1) is 6.20 Å². The molecule has 0 saturated carbocycles. The van der Waals surface area contributed by atoms with Gasteiger partial charge in [0.15, 0.2) is 0 Å². The molecular formula is C7H10FN. The van der Waals surface area contributed by atoms with Crippen molar-refractivity contribution in [3.8, 4) is 0 Å². The van der Waals surface area contributed by atoms with Crippen molar-refractivity contribution in [3.05, 3.63) is 30.3 Å². The van der Waals surface area contributed by atoms with E-state index in [4.69, 9.17) is 0 Å². The molecular weight excluding hydrogens is 117 g/mol. The monoisotopic (exact) mass is 127 g/mol. The van der Waals surface area contributed by atoms with Crippen molar-refractivity contribution in [2.24, 2.45) is 0 Å². The summed E-state index contributed by atoms with van der Waals surface area (Å²) in [5.74, 6) is -0.289. The maximum Gasteiger partial charge on any atom is 0.141 e. The average Bonchev–Trinajstić information content (AvgIpc) is 1.94. The van der Waals surface area contributed by atoms with Crippen LogP contribution < -0.4 is 0 Å². The van der Waals surface area contributed by atoms with E-state index in [1.54, 1.807) is 6.07 Å². The molecule has 0 N–H and O–H groups in total. The van der Waals surface area contributed by atoms with Gasteiger partial charge in [0.25, 0.3) is 0 Å². The molecule has 0 aliphatic heterocycles. The summed E-state index contributed by atoms with van der Waals surface area (Å²) >= 11 is 0. The van der Waals surface area contributed by atoms with Crippen LogP contribution >= 0.6 is 0 Å². The van der Waals surface area contributed by atoms with Crippen LogP contribution in [-0.2, 0) is 0 Å². The van der Waals surface area contributed by atoms with Gasteiger partial charge in [0, 0.05) is 6.20 Å². The molecule has 0 unspecified atom stereocenters. The molecule has 0 radical (unpaired) electrons. The van der Waals surface area contributed by atoms with Crippen molar-refractivity contribution < 1.29 is 4.39 Å². The largest absolute Gasteiger partial charge is 0.262 e. The van der Waals surface area contributed by atoms with E-state index in [-0.39, 0.29) is 5.82 Å². The van der Waals surface area contributed by atoms with Crippen LogP contribution in [0.5, 0.6) is 0 Å². The van der Waals surface area contributed by atoms with E-state index in [1.165, 1.54) is 18.5 Å². The fourth-order valence-corrected chi connectivity index (χ4v) is 0.342. The molecule has 0 atom stereocenters. The van der Waals surface area contributed by atoms with Crippen molar-refractivity contribution >= 4 is 0 Å². The summed E-state index contributed by atoms with van der Waals surface area (Å²) in [6, 6.07) is 2.91. The van der Waals surface area contributed by atoms with Crippen LogP contribution in [0.15, 0.2) is 24.5 Å². The van der Waals surface area contributed by atoms with E-state index in [2.05, 4.69) is 4.98 Å². The second-order valence-electron chi connectivity index (χ2n) is 1.17. The Labute approximate surface area is 54.6 Å². The fraction of sp³-hybridized carbons (Fsp3) is 0.286. The molecule has 0 fully saturated rings. The zero-order chi connectivity index (χ0) is 7.11. The van der Waals surface area contributed by atoms with E-state index in [1.807, 2.05) is 13.8 Å². The Morgan fingerprint density at radius 1 is 1.44 bits per heavy atom. The van der Waals surface area contributed by atoms with Gasteiger partial charge in [-0.2, -0.15) is 0 Å². The van der Waals surface area contributed by atoms with E-state index in [0.717, 1.165) is 0 Å². The number of nitrogens with zero attached hydrogens (tertiary/aromatic N) is 1. The molecule has 0 aliphatic carbocycles. The number of hydrogen-bond acceptors (Lipinski definition) is 1. The second kappa shape index (κ2) is 5.22. The van der Waals surface area contributed by atoms with Crippen LogP contribution in [0.2, 0.25) is 0 Å². The van der Waals surface area contributed by atoms with Crippen molar-refractivity contribution in [3.63, 3.8) is 0 Å². The Morgan fingerprint density at radius 2 is 2.11 bits per heavy atom. The molecule has 0 saturated heterocycles. The summed E-state index contributed by atoms with van der Waals surface area (Å²) in [6.07, 6.45) is 2.70. The van der Waals surface area contributed by atoms with Crippen LogP contribution in [0, 0.1) is 5.82 Å². The predicted molar refractivity (Wildman–Crippen MR) is 35.5 cm³/mol. The summed E-state index contributed by atoms with van der Waals surface area (Å²) in [4.78, 5) is 3.51. The van der Waals surface area contributed by atoms with Crippen LogP contribution in [0.4, 0.5) is 4.39 Å². The van der Waals surface area contributed by atoms with Gasteiger partial charge in [0.2, 0.25) is 0 Å². The fourth-order valence-electron chi connectivity index (χ4n) is 0.342. The van der Waals surface area contributed by atoms with Crippen LogP contribution in [0.1, 0.15) is 13.8 Å². The first-order chi connectivity index (χ1) is 4.39. The maximum absolute atomic E-state index is 11.8. The third kappa shape index (κ3) is 3.64. The first kappa shape index (κ1) is 8.08. The summed E-state index contributed by atoms with van der Waals surface area (Å²) in [5.41, 5.74) is 0. The summed E-state index contributed by atoms with van der Waals surface area (Å²) in [5, 5.41) is 0. The van der Waals surface area contributed by atoms with Crippen molar-refractivity contribution in [1.82, 2.24) is 4.98 Å². The number of rotatable bonds is 0. The highest BCUT2D eigenvalue weighted by Gasteiger charge is 1.78. The minimum Gasteiger partial charge on any atom is -0.262 e. The molecule has 0 amide bonds. The van der Waals surface area contributed by atoms with Crippen molar-refractivity contribution in [1.29, 1.82) is 0 Å². The zero-order valence-corrected chi connectivity index (χ0v) is 5.63. The molecule has 2 heteroatoms. The van der Waals surface area contributed by atoms with Gasteiger partial charge in [-0.05, 0) is 12.1 Å². The van der Waals surface area contributed by atoms with Crippen molar-refractivity contribution in [2.75, 3.05) is 0 Å². The number of halogens is 1. The Morgan fingerprint density at radius 3 is 2.33 bits per heavy atom. The van der Waals surface area contributed by atoms with E-state index < -0.39 is 0 Å². The predicted octanol–water partition coefficient (Wildman–Crippen LogP) is 2.25. The molecule has 1 nitrogen and oxygen atoms in total. The van der Waals surface area contributed by atoms with Gasteiger partial charge in [0.1, 0.15) is 5.82 Å². The Hall–Kier alpha value is -0.920. The SMILES string of the molecule is CC.Fc1cccnc1. The Bertz CT molecular complexity index is 139. The van der Waals surface area contributed by atoms with Crippen LogP contribution in [0.25, 0.3) is 0 Å². The lowest BCUT2D eigenvalue weighted by Crippen LogP contribution is -1.70. The normalized spacial score (nSPS) is 7.44. The zero-order valence-electron chi connectivity index (χ0n) is 5.63. The van der Waals surface area contributed by atoms with Gasteiger partial charge >= 0.3 is 0 Å². The summed E-state index contributed by atoms with van der Waals surface area (Å²) < 4.78 is 11.8. The van der Waals surface area contributed by atoms with Crippen LogP contribution in [-0.4, -0.2) is 4.98 Å². The minimum absolute atomic E-state index is 0.289. The lowest BCUT2D eigenvalue weighted by molar-refractivity contribution is 0.621. The third-order valence-corrected chi connectivity index (χ3v) is 0.625. The standard InChI is InChI=1S/C5H4FN.C2H6/c6-5-2-1-3-7-4-5;1-2/h1-4H;1-2H3. The maximum atomic E-state index is 11.8. The smallest absolute Gasteiger partial charge is 0.141 e. The highest BCUT2D eigenvalue weighted by atomic mass is 19.1. The van der Waals surface area contributed by atoms with Crippen LogP contribution in [0.3, 0.4) is 0 Å². The number of hydrogen-bond donors (Lipinski definition) is 0. The first-order valence-corrected chi connectivity index (χ1v) is 2.95. The molecule has 9 heavy (non-hydrogen) atoms. The summed E-state index contributed by atoms with van der Waals surface area (Å²) in [6.45, 7) is 4.00. The highest BCUT2D eigenvalue weighted by molar-refractivity contribution is 4.92. The number of aromatic nitrogens is 1. The van der Waals surface area contributed by atoms with E-state index >= 15 is 0 Å². The first-order valence-electron chi connectivity index (χ1n) is 2.95. The average molecular weight is 127 g/mol. The Kier molecular flexibility index (Phi) is 4.69. The van der Waals surface area contributed by atoms with Gasteiger partial charge < -0.3 is 0 Å². The third-order valence-electron chi connectivity index (χ3n) is 0.625. The number of pyridine rings is 1. The molecule has 0 spiro atoms. The molecule has 1 aromatic rings. The van der Waals surface area contributed by atoms with E-state index in [0.29, 0.717) is 0 Å². The van der Waals surface area contributed by atoms with Gasteiger partial charge in [-0.15, -0.1) is 0 Å².